The van der Waals surface area contributed by atoms with Crippen LogP contribution >= 0.6 is 0 Å². The van der Waals surface area contributed by atoms with Crippen LogP contribution in [-0.4, -0.2) is 32.5 Å². The highest BCUT2D eigenvalue weighted by molar-refractivity contribution is 7.93. The molecule has 7 nitrogen and oxygen atoms in total. The highest BCUT2D eigenvalue weighted by atomic mass is 32.2. The van der Waals surface area contributed by atoms with Crippen LogP contribution in [-0.2, 0) is 16.4 Å². The van der Waals surface area contributed by atoms with Crippen LogP contribution in [0, 0.1) is 0 Å². The van der Waals surface area contributed by atoms with Crippen molar-refractivity contribution in [1.82, 2.24) is 9.97 Å². The number of hydrogen-bond acceptors (Lipinski definition) is 4. The second-order valence-electron chi connectivity index (χ2n) is 9.91. The van der Waals surface area contributed by atoms with Gasteiger partial charge in [0.15, 0.2) is 0 Å². The average molecular weight is 550 g/mol. The lowest BCUT2D eigenvalue weighted by molar-refractivity contribution is -0.785. The van der Waals surface area contributed by atoms with Crippen molar-refractivity contribution in [3.8, 4) is 11.5 Å². The number of fused-ring (bicyclic) bond motifs is 2. The van der Waals surface area contributed by atoms with Gasteiger partial charge in [-0.25, -0.2) is 13.4 Å². The maximum Gasteiger partial charge on any atom is 0.262 e. The molecule has 8 heteroatoms. The quantitative estimate of drug-likeness (QED) is 0.228. The molecule has 3 N–H and O–H groups in total. The summed E-state index contributed by atoms with van der Waals surface area (Å²) in [5.41, 5.74) is 4.12. The Bertz CT molecular complexity index is 1920. The van der Waals surface area contributed by atoms with Crippen molar-refractivity contribution in [1.29, 1.82) is 0 Å². The maximum absolute atomic E-state index is 13.5. The molecule has 6 aromatic rings. The van der Waals surface area contributed by atoms with Crippen molar-refractivity contribution in [2.24, 2.45) is 0 Å². The van der Waals surface area contributed by atoms with Crippen LogP contribution in [0.15, 0.2) is 114 Å². The number of para-hydroxylation sites is 1. The van der Waals surface area contributed by atoms with Crippen LogP contribution in [0.1, 0.15) is 11.4 Å². The van der Waals surface area contributed by atoms with Crippen LogP contribution < -0.4 is 14.4 Å². The van der Waals surface area contributed by atoms with Gasteiger partial charge in [0.05, 0.1) is 35.7 Å². The van der Waals surface area contributed by atoms with Crippen molar-refractivity contribution in [2.75, 3.05) is 18.8 Å². The number of anilines is 1. The Morgan fingerprint density at radius 1 is 0.800 bits per heavy atom. The highest BCUT2D eigenvalue weighted by Gasteiger charge is 2.20. The number of aromatic amines is 1. The lowest BCUT2D eigenvalue weighted by atomic mass is 10.1. The molecule has 0 aliphatic carbocycles. The first kappa shape index (κ1) is 25.6. The molecule has 0 atom stereocenters. The van der Waals surface area contributed by atoms with Gasteiger partial charge in [0.25, 0.3) is 10.0 Å². The molecule has 6 rings (SSSR count). The van der Waals surface area contributed by atoms with Crippen molar-refractivity contribution >= 4 is 43.2 Å². The number of ether oxygens (including phenoxy) is 1. The third-order valence-electron chi connectivity index (χ3n) is 6.77. The number of quaternary nitrogens is 1. The number of hydrogen-bond donors (Lipinski definition) is 3. The molecular weight excluding hydrogens is 520 g/mol. The summed E-state index contributed by atoms with van der Waals surface area (Å²) in [4.78, 5) is 9.41. The Hall–Kier alpha value is -4.66. The normalized spacial score (nSPS) is 11.8. The van der Waals surface area contributed by atoms with Gasteiger partial charge in [0.1, 0.15) is 23.0 Å². The van der Waals surface area contributed by atoms with Crippen molar-refractivity contribution < 1.29 is 18.1 Å². The molecule has 40 heavy (non-hydrogen) atoms. The van der Waals surface area contributed by atoms with Gasteiger partial charge in [-0.05, 0) is 66.2 Å². The number of H-pyrrole nitrogens is 1. The van der Waals surface area contributed by atoms with E-state index in [0.717, 1.165) is 49.9 Å². The molecule has 0 saturated heterocycles. The van der Waals surface area contributed by atoms with Crippen LogP contribution in [0.25, 0.3) is 21.8 Å². The minimum atomic E-state index is -3.82. The van der Waals surface area contributed by atoms with E-state index in [9.17, 15) is 8.42 Å². The lowest BCUT2D eigenvalue weighted by Crippen LogP contribution is -3.00. The molecule has 0 spiro atoms. The van der Waals surface area contributed by atoms with E-state index >= 15 is 0 Å². The third kappa shape index (κ3) is 5.27. The summed E-state index contributed by atoms with van der Waals surface area (Å²) in [6, 6.07) is 34.0. The molecule has 0 amide bonds. The van der Waals surface area contributed by atoms with E-state index in [2.05, 4.69) is 9.71 Å². The first-order chi connectivity index (χ1) is 19.4. The highest BCUT2D eigenvalue weighted by Crippen LogP contribution is 2.29. The number of sulfonamides is 1. The summed E-state index contributed by atoms with van der Waals surface area (Å²) in [7, 11) is 0.226. The Balaban J connectivity index is 1.21. The molecule has 0 bridgehead atoms. The molecule has 0 fully saturated rings. The van der Waals surface area contributed by atoms with Crippen LogP contribution in [0.3, 0.4) is 0 Å². The topological polar surface area (TPSA) is 88.5 Å². The van der Waals surface area contributed by atoms with Crippen molar-refractivity contribution in [3.63, 3.8) is 0 Å². The number of aromatic nitrogens is 2. The largest absolute Gasteiger partial charge is 0.457 e. The first-order valence-corrected chi connectivity index (χ1v) is 14.5. The molecule has 0 radical (unpaired) electrons. The predicted molar refractivity (Wildman–Crippen MR) is 159 cm³/mol. The summed E-state index contributed by atoms with van der Waals surface area (Å²) >= 11 is 0. The molecule has 5 aromatic carbocycles. The zero-order valence-corrected chi connectivity index (χ0v) is 23.0. The molecule has 200 valence electrons. The van der Waals surface area contributed by atoms with E-state index in [1.54, 1.807) is 24.3 Å². The smallest absolute Gasteiger partial charge is 0.262 e. The standard InChI is InChI=1S/C32H28N4O3S/c1-36(2)30-12-6-11-27-26(30)10-7-13-31(27)40(37,38)35-23-16-19-28-29(21-23)34-32(33-28)20-22-14-17-25(18-15-22)39-24-8-4-3-5-9-24/h3-19,21,35H,20H2,1-2H3,(H,33,34)/p+1. The van der Waals surface area contributed by atoms with E-state index in [0.29, 0.717) is 17.5 Å². The fourth-order valence-corrected chi connectivity index (χ4v) is 6.14. The predicted octanol–water partition coefficient (Wildman–Crippen LogP) is 5.68. The molecule has 0 aliphatic heterocycles. The zero-order valence-electron chi connectivity index (χ0n) is 22.2. The monoisotopic (exact) mass is 549 g/mol. The van der Waals surface area contributed by atoms with Gasteiger partial charge in [-0.15, -0.1) is 0 Å². The number of benzene rings is 5. The van der Waals surface area contributed by atoms with Crippen LogP contribution in [0.4, 0.5) is 11.4 Å². The van der Waals surface area contributed by atoms with Crippen LogP contribution in [0.2, 0.25) is 0 Å². The maximum atomic E-state index is 13.5. The number of nitrogens with zero attached hydrogens (tertiary/aromatic N) is 1. The Morgan fingerprint density at radius 3 is 2.30 bits per heavy atom. The van der Waals surface area contributed by atoms with Gasteiger partial charge in [-0.2, -0.15) is 0 Å². The third-order valence-corrected chi connectivity index (χ3v) is 8.21. The number of rotatable bonds is 8. The molecular formula is C32H29N4O3S+. The summed E-state index contributed by atoms with van der Waals surface area (Å²) in [5, 5.41) is 1.61. The second-order valence-corrected chi connectivity index (χ2v) is 11.6. The summed E-state index contributed by atoms with van der Waals surface area (Å²) in [6.45, 7) is 0. The van der Waals surface area contributed by atoms with E-state index < -0.39 is 10.0 Å². The van der Waals surface area contributed by atoms with Crippen molar-refractivity contribution in [3.05, 3.63) is 121 Å². The molecule has 0 saturated carbocycles. The van der Waals surface area contributed by atoms with Gasteiger partial charge >= 0.3 is 0 Å². The van der Waals surface area contributed by atoms with Crippen LogP contribution in [0.5, 0.6) is 11.5 Å². The zero-order chi connectivity index (χ0) is 27.7. The molecule has 0 unspecified atom stereocenters. The minimum absolute atomic E-state index is 0.248. The molecule has 1 heterocycles. The fourth-order valence-electron chi connectivity index (χ4n) is 4.86. The average Bonchev–Trinajstić information content (AvgIpc) is 3.35. The van der Waals surface area contributed by atoms with E-state index in [1.165, 1.54) is 0 Å². The van der Waals surface area contributed by atoms with Gasteiger partial charge in [0, 0.05) is 17.2 Å². The molecule has 0 aliphatic rings. The lowest BCUT2D eigenvalue weighted by Gasteiger charge is -2.14. The minimum Gasteiger partial charge on any atom is -0.457 e. The van der Waals surface area contributed by atoms with E-state index in [4.69, 9.17) is 9.72 Å². The Morgan fingerprint density at radius 2 is 1.52 bits per heavy atom. The first-order valence-electron chi connectivity index (χ1n) is 13.0. The van der Waals surface area contributed by atoms with Gasteiger partial charge < -0.3 is 14.6 Å². The van der Waals surface area contributed by atoms with Gasteiger partial charge in [-0.1, -0.05) is 48.5 Å². The molecule has 1 aromatic heterocycles. The SMILES string of the molecule is C[NH+](C)c1cccc2c(S(=O)(=O)Nc3ccc4nc(Cc5ccc(Oc6ccccc6)cc5)[nH]c4c3)cccc12. The Labute approximate surface area is 233 Å². The second kappa shape index (κ2) is 10.5. The van der Waals surface area contributed by atoms with Crippen molar-refractivity contribution in [2.45, 2.75) is 11.3 Å². The number of nitrogens with one attached hydrogen (secondary N) is 3. The summed E-state index contributed by atoms with van der Waals surface area (Å²) in [6.07, 6.45) is 0.605. The van der Waals surface area contributed by atoms with Gasteiger partial charge in [-0.3, -0.25) is 4.72 Å². The number of imidazole rings is 1. The summed E-state index contributed by atoms with van der Waals surface area (Å²) < 4.78 is 35.6. The van der Waals surface area contributed by atoms with E-state index in [-0.39, 0.29) is 4.90 Å². The fraction of sp³-hybridized carbons (Fsp3) is 0.0938. The summed E-state index contributed by atoms with van der Waals surface area (Å²) in [5.74, 6) is 2.35. The Kier molecular flexibility index (Phi) is 6.71. The van der Waals surface area contributed by atoms with E-state index in [1.807, 2.05) is 99.0 Å². The van der Waals surface area contributed by atoms with Gasteiger partial charge in [0.2, 0.25) is 0 Å².